The van der Waals surface area contributed by atoms with Gasteiger partial charge in [0.1, 0.15) is 5.75 Å². The van der Waals surface area contributed by atoms with E-state index in [9.17, 15) is 9.90 Å². The van der Waals surface area contributed by atoms with Gasteiger partial charge in [0.2, 0.25) is 0 Å². The molecule has 0 aliphatic carbocycles. The first-order valence-electron chi connectivity index (χ1n) is 6.39. The molecule has 1 amide bonds. The van der Waals surface area contributed by atoms with Crippen LogP contribution in [0.1, 0.15) is 43.0 Å². The van der Waals surface area contributed by atoms with E-state index < -0.39 is 0 Å². The van der Waals surface area contributed by atoms with Crippen LogP contribution >= 0.6 is 22.6 Å². The molecule has 4 heteroatoms. The SMILES string of the molecule is CC1CCCCCN1C(=O)c1ccc(I)c(O)c1. The number of carbonyl (C=O) groups is 1. The van der Waals surface area contributed by atoms with Crippen molar-refractivity contribution in [1.29, 1.82) is 0 Å². The second-order valence-corrected chi connectivity index (χ2v) is 6.03. The number of phenolic OH excluding ortho intramolecular Hbond substituents is 1. The van der Waals surface area contributed by atoms with Crippen molar-refractivity contribution in [3.8, 4) is 5.75 Å². The third-order valence-electron chi connectivity index (χ3n) is 3.51. The average molecular weight is 359 g/mol. The van der Waals surface area contributed by atoms with Crippen molar-refractivity contribution in [2.75, 3.05) is 6.54 Å². The molecule has 1 unspecified atom stereocenters. The van der Waals surface area contributed by atoms with Crippen LogP contribution in [0.25, 0.3) is 0 Å². The molecular weight excluding hydrogens is 341 g/mol. The van der Waals surface area contributed by atoms with Gasteiger partial charge in [-0.05, 0) is 60.6 Å². The van der Waals surface area contributed by atoms with Crippen LogP contribution in [-0.4, -0.2) is 28.5 Å². The van der Waals surface area contributed by atoms with Crippen LogP contribution in [0.15, 0.2) is 18.2 Å². The summed E-state index contributed by atoms with van der Waals surface area (Å²) in [4.78, 5) is 14.4. The molecule has 0 radical (unpaired) electrons. The first-order valence-corrected chi connectivity index (χ1v) is 7.47. The molecular formula is C14H18INO2. The van der Waals surface area contributed by atoms with Crippen molar-refractivity contribution in [1.82, 2.24) is 4.90 Å². The maximum atomic E-state index is 12.4. The molecule has 1 atom stereocenters. The number of carbonyl (C=O) groups excluding carboxylic acids is 1. The van der Waals surface area contributed by atoms with Gasteiger partial charge in [0, 0.05) is 18.2 Å². The Hall–Kier alpha value is -0.780. The van der Waals surface area contributed by atoms with Gasteiger partial charge in [0.15, 0.2) is 0 Å². The fourth-order valence-electron chi connectivity index (χ4n) is 2.39. The van der Waals surface area contributed by atoms with E-state index in [1.165, 1.54) is 12.8 Å². The molecule has 0 bridgehead atoms. The van der Waals surface area contributed by atoms with Crippen LogP contribution in [0.5, 0.6) is 5.75 Å². The molecule has 1 aromatic rings. The monoisotopic (exact) mass is 359 g/mol. The summed E-state index contributed by atoms with van der Waals surface area (Å²) < 4.78 is 0.771. The Morgan fingerprint density at radius 1 is 1.39 bits per heavy atom. The highest BCUT2D eigenvalue weighted by Gasteiger charge is 2.23. The normalized spacial score (nSPS) is 20.6. The molecule has 0 aromatic heterocycles. The van der Waals surface area contributed by atoms with Crippen LogP contribution in [0.2, 0.25) is 0 Å². The van der Waals surface area contributed by atoms with E-state index >= 15 is 0 Å². The maximum absolute atomic E-state index is 12.4. The summed E-state index contributed by atoms with van der Waals surface area (Å²) in [6.45, 7) is 2.93. The highest BCUT2D eigenvalue weighted by Crippen LogP contribution is 2.23. The molecule has 0 spiro atoms. The Kier molecular flexibility index (Phi) is 4.48. The summed E-state index contributed by atoms with van der Waals surface area (Å²) in [6.07, 6.45) is 4.55. The fraction of sp³-hybridized carbons (Fsp3) is 0.500. The summed E-state index contributed by atoms with van der Waals surface area (Å²) in [5.74, 6) is 0.222. The molecule has 3 nitrogen and oxygen atoms in total. The number of amides is 1. The van der Waals surface area contributed by atoms with Crippen LogP contribution in [0, 0.1) is 3.57 Å². The molecule has 98 valence electrons. The number of aromatic hydroxyl groups is 1. The lowest BCUT2D eigenvalue weighted by Crippen LogP contribution is -2.38. The van der Waals surface area contributed by atoms with Crippen molar-refractivity contribution in [3.63, 3.8) is 0 Å². The van der Waals surface area contributed by atoms with E-state index in [1.807, 2.05) is 4.90 Å². The standard InChI is InChI=1S/C14H18INO2/c1-10-5-3-2-4-8-16(10)14(18)11-6-7-12(15)13(17)9-11/h6-7,9-10,17H,2-5,8H2,1H3. The number of hydrogen-bond donors (Lipinski definition) is 1. The Bertz CT molecular complexity index is 447. The first-order chi connectivity index (χ1) is 8.59. The van der Waals surface area contributed by atoms with Crippen LogP contribution < -0.4 is 0 Å². The highest BCUT2D eigenvalue weighted by molar-refractivity contribution is 14.1. The van der Waals surface area contributed by atoms with Crippen LogP contribution in [0.3, 0.4) is 0 Å². The molecule has 1 N–H and O–H groups in total. The number of phenols is 1. The minimum absolute atomic E-state index is 0.0381. The maximum Gasteiger partial charge on any atom is 0.254 e. The predicted molar refractivity (Wildman–Crippen MR) is 79.8 cm³/mol. The van der Waals surface area contributed by atoms with Crippen molar-refractivity contribution in [2.45, 2.75) is 38.6 Å². The van der Waals surface area contributed by atoms with Gasteiger partial charge < -0.3 is 10.0 Å². The molecule has 18 heavy (non-hydrogen) atoms. The van der Waals surface area contributed by atoms with Crippen molar-refractivity contribution in [3.05, 3.63) is 27.3 Å². The second kappa shape index (κ2) is 5.91. The fourth-order valence-corrected chi connectivity index (χ4v) is 2.72. The van der Waals surface area contributed by atoms with Crippen molar-refractivity contribution < 1.29 is 9.90 Å². The number of benzene rings is 1. The van der Waals surface area contributed by atoms with E-state index in [0.29, 0.717) is 11.6 Å². The smallest absolute Gasteiger partial charge is 0.254 e. The second-order valence-electron chi connectivity index (χ2n) is 4.86. The number of rotatable bonds is 1. The third kappa shape index (κ3) is 2.96. The van der Waals surface area contributed by atoms with Gasteiger partial charge in [-0.3, -0.25) is 4.79 Å². The van der Waals surface area contributed by atoms with E-state index in [1.54, 1.807) is 18.2 Å². The Labute approximate surface area is 121 Å². The van der Waals surface area contributed by atoms with Gasteiger partial charge in [-0.2, -0.15) is 0 Å². The molecule has 2 rings (SSSR count). The zero-order valence-electron chi connectivity index (χ0n) is 10.5. The lowest BCUT2D eigenvalue weighted by molar-refractivity contribution is 0.0697. The lowest BCUT2D eigenvalue weighted by atomic mass is 10.1. The van der Waals surface area contributed by atoms with Gasteiger partial charge in [-0.15, -0.1) is 0 Å². The molecule has 1 aliphatic rings. The zero-order valence-corrected chi connectivity index (χ0v) is 12.7. The summed E-state index contributed by atoms with van der Waals surface area (Å²) in [6, 6.07) is 5.44. The molecule has 1 aromatic carbocycles. The van der Waals surface area contributed by atoms with Gasteiger partial charge >= 0.3 is 0 Å². The number of halogens is 1. The zero-order chi connectivity index (χ0) is 13.1. The van der Waals surface area contributed by atoms with E-state index in [2.05, 4.69) is 29.5 Å². The van der Waals surface area contributed by atoms with Crippen molar-refractivity contribution >= 4 is 28.5 Å². The Balaban J connectivity index is 2.21. The molecule has 1 heterocycles. The number of nitrogens with zero attached hydrogens (tertiary/aromatic N) is 1. The van der Waals surface area contributed by atoms with Gasteiger partial charge in [-0.1, -0.05) is 12.8 Å². The summed E-state index contributed by atoms with van der Waals surface area (Å²) >= 11 is 2.05. The third-order valence-corrected chi connectivity index (χ3v) is 4.42. The number of likely N-dealkylation sites (tertiary alicyclic amines) is 1. The van der Waals surface area contributed by atoms with E-state index in [-0.39, 0.29) is 11.7 Å². The molecule has 1 fully saturated rings. The van der Waals surface area contributed by atoms with Gasteiger partial charge in [0.05, 0.1) is 3.57 Å². The Morgan fingerprint density at radius 3 is 2.89 bits per heavy atom. The summed E-state index contributed by atoms with van der Waals surface area (Å²) in [5, 5.41) is 9.69. The van der Waals surface area contributed by atoms with E-state index in [0.717, 1.165) is 23.0 Å². The van der Waals surface area contributed by atoms with Gasteiger partial charge in [-0.25, -0.2) is 0 Å². The minimum atomic E-state index is 0.0381. The van der Waals surface area contributed by atoms with Crippen LogP contribution in [-0.2, 0) is 0 Å². The van der Waals surface area contributed by atoms with E-state index in [4.69, 9.17) is 0 Å². The quantitative estimate of drug-likeness (QED) is 0.781. The average Bonchev–Trinajstić information content (AvgIpc) is 2.56. The molecule has 0 saturated carbocycles. The molecule has 1 aliphatic heterocycles. The summed E-state index contributed by atoms with van der Waals surface area (Å²) in [5.41, 5.74) is 0.585. The first kappa shape index (κ1) is 13.6. The highest BCUT2D eigenvalue weighted by atomic mass is 127. The number of hydrogen-bond acceptors (Lipinski definition) is 2. The summed E-state index contributed by atoms with van der Waals surface area (Å²) in [7, 11) is 0. The predicted octanol–water partition coefficient (Wildman–Crippen LogP) is 3.40. The largest absolute Gasteiger partial charge is 0.507 e. The molecule has 1 saturated heterocycles. The van der Waals surface area contributed by atoms with Crippen LogP contribution in [0.4, 0.5) is 0 Å². The Morgan fingerprint density at radius 2 is 2.17 bits per heavy atom. The lowest BCUT2D eigenvalue weighted by Gasteiger charge is -2.27. The van der Waals surface area contributed by atoms with Crippen molar-refractivity contribution in [2.24, 2.45) is 0 Å². The van der Waals surface area contributed by atoms with Gasteiger partial charge in [0.25, 0.3) is 5.91 Å². The minimum Gasteiger partial charge on any atom is -0.507 e. The topological polar surface area (TPSA) is 40.5 Å².